The SMILES string of the molecule is CC(F)(F)c1nnc2c(Cl)nc(-c3ccc(OC(F)(F)F)cc3)cn12.CC(F)(F)c1nnc2c(N)nc(-c3ccc(OC(F)(F)F)cc3)cn12.Cc1c(-c2ccc(OC(F)(F)F)cc2)ncc2nnc(C(C)(F)F)n12. The Morgan fingerprint density at radius 1 is 0.480 bits per heavy atom. The molecular formula is C43H29ClF15N13O3. The van der Waals surface area contributed by atoms with Crippen LogP contribution in [0.1, 0.15) is 43.9 Å². The van der Waals surface area contributed by atoms with E-state index >= 15 is 0 Å². The molecule has 0 unspecified atom stereocenters. The van der Waals surface area contributed by atoms with Crippen LogP contribution in [0.15, 0.2) is 91.4 Å². The van der Waals surface area contributed by atoms with Gasteiger partial charge in [0.2, 0.25) is 23.1 Å². The number of nitrogens with zero attached hydrogens (tertiary/aromatic N) is 12. The highest BCUT2D eigenvalue weighted by atomic mass is 35.5. The van der Waals surface area contributed by atoms with Crippen molar-refractivity contribution in [2.75, 3.05) is 5.73 Å². The average molecular weight is 1100 g/mol. The molecule has 0 bridgehead atoms. The molecule has 0 saturated heterocycles. The topological polar surface area (TPSA) is 183 Å². The maximum atomic E-state index is 13.7. The summed E-state index contributed by atoms with van der Waals surface area (Å²) in [7, 11) is 0. The van der Waals surface area contributed by atoms with Gasteiger partial charge in [0.1, 0.15) is 17.2 Å². The van der Waals surface area contributed by atoms with E-state index < -0.39 is 65.8 Å². The molecule has 32 heteroatoms. The van der Waals surface area contributed by atoms with Gasteiger partial charge < -0.3 is 19.9 Å². The number of halogens is 16. The number of fused-ring (bicyclic) bond motifs is 3. The van der Waals surface area contributed by atoms with E-state index in [-0.39, 0.29) is 45.0 Å². The molecule has 0 fully saturated rings. The summed E-state index contributed by atoms with van der Waals surface area (Å²) in [6.45, 7) is 3.56. The van der Waals surface area contributed by atoms with Crippen LogP contribution in [-0.4, -0.2) is 77.8 Å². The summed E-state index contributed by atoms with van der Waals surface area (Å²) in [6.07, 6.45) is -10.7. The number of nitrogen functional groups attached to an aromatic ring is 1. The lowest BCUT2D eigenvalue weighted by Crippen LogP contribution is -2.17. The highest BCUT2D eigenvalue weighted by Crippen LogP contribution is 2.34. The van der Waals surface area contributed by atoms with Gasteiger partial charge in [-0.25, -0.2) is 9.97 Å². The standard InChI is InChI=1S/C15H11F5N4O.C14H8ClF5N4O.C14H10F5N5O/c1-8-12(9-3-5-10(6-4-9)25-15(18,19)20)21-7-11-22-23-13(24(8)11)14(2,16)17;1-13(16,17)12-23-22-11-10(15)21-9(6-24(11)12)7-2-4-8(5-3-7)25-14(18,19)20;1-13(15,16)12-23-22-11-10(20)21-9(6-24(11)12)7-2-4-8(5-3-7)25-14(17,18)19/h3-7H,1-2H3;2-6H,1H3;2-6H,1H3,(H2,20,21). The van der Waals surface area contributed by atoms with Crippen LogP contribution in [0.3, 0.4) is 0 Å². The van der Waals surface area contributed by atoms with Crippen LogP contribution in [0.4, 0.5) is 71.7 Å². The zero-order valence-corrected chi connectivity index (χ0v) is 38.6. The first-order valence-corrected chi connectivity index (χ1v) is 20.9. The Kier molecular flexibility index (Phi) is 14.5. The molecule has 0 aliphatic rings. The van der Waals surface area contributed by atoms with Crippen molar-refractivity contribution in [3.05, 3.63) is 120 Å². The van der Waals surface area contributed by atoms with Crippen molar-refractivity contribution < 1.29 is 80.1 Å². The molecule has 0 radical (unpaired) electrons. The lowest BCUT2D eigenvalue weighted by molar-refractivity contribution is -0.275. The quantitative estimate of drug-likeness (QED) is 0.135. The second kappa shape index (κ2) is 19.9. The lowest BCUT2D eigenvalue weighted by Gasteiger charge is -2.13. The van der Waals surface area contributed by atoms with E-state index in [4.69, 9.17) is 17.3 Å². The predicted molar refractivity (Wildman–Crippen MR) is 232 cm³/mol. The summed E-state index contributed by atoms with van der Waals surface area (Å²) >= 11 is 5.94. The molecule has 6 heterocycles. The summed E-state index contributed by atoms with van der Waals surface area (Å²) in [5.41, 5.74) is 7.86. The Morgan fingerprint density at radius 2 is 0.853 bits per heavy atom. The first-order chi connectivity index (χ1) is 34.6. The summed E-state index contributed by atoms with van der Waals surface area (Å²) in [5, 5.41) is 21.0. The van der Waals surface area contributed by atoms with Crippen LogP contribution >= 0.6 is 11.6 Å². The second-order valence-corrected chi connectivity index (χ2v) is 16.0. The largest absolute Gasteiger partial charge is 0.573 e. The van der Waals surface area contributed by atoms with Crippen LogP contribution in [0.2, 0.25) is 5.15 Å². The molecule has 6 aromatic heterocycles. The highest BCUT2D eigenvalue weighted by molar-refractivity contribution is 6.32. The van der Waals surface area contributed by atoms with Crippen molar-refractivity contribution in [1.29, 1.82) is 0 Å². The van der Waals surface area contributed by atoms with Gasteiger partial charge in [-0.05, 0) is 79.7 Å². The molecule has 0 atom stereocenters. The van der Waals surface area contributed by atoms with E-state index in [0.717, 1.165) is 45.2 Å². The summed E-state index contributed by atoms with van der Waals surface area (Å²) in [6, 6.07) is 14.4. The van der Waals surface area contributed by atoms with E-state index in [0.29, 0.717) is 48.8 Å². The van der Waals surface area contributed by atoms with Gasteiger partial charge in [0.25, 0.3) is 0 Å². The van der Waals surface area contributed by atoms with Gasteiger partial charge in [-0.3, -0.25) is 18.2 Å². The average Bonchev–Trinajstić information content (AvgIpc) is 4.05. The second-order valence-electron chi connectivity index (χ2n) is 15.7. The zero-order chi connectivity index (χ0) is 55.2. The Hall–Kier alpha value is -8.25. The minimum absolute atomic E-state index is 0.0442. The number of rotatable bonds is 9. The van der Waals surface area contributed by atoms with Crippen LogP contribution in [0.5, 0.6) is 17.2 Å². The summed E-state index contributed by atoms with van der Waals surface area (Å²) in [5.74, 6) is -12.9. The third-order valence-electron chi connectivity index (χ3n) is 9.75. The van der Waals surface area contributed by atoms with Crippen LogP contribution in [-0.2, 0) is 17.8 Å². The molecule has 3 aromatic carbocycles. The highest BCUT2D eigenvalue weighted by Gasteiger charge is 2.36. The normalized spacial score (nSPS) is 12.6. The fraction of sp³-hybridized carbons (Fsp3) is 0.233. The van der Waals surface area contributed by atoms with Crippen molar-refractivity contribution in [3.63, 3.8) is 0 Å². The lowest BCUT2D eigenvalue weighted by atomic mass is 10.1. The third kappa shape index (κ3) is 13.1. The van der Waals surface area contributed by atoms with Gasteiger partial charge in [0.05, 0.1) is 23.3 Å². The number of alkyl halides is 15. The molecule has 9 rings (SSSR count). The van der Waals surface area contributed by atoms with Crippen molar-refractivity contribution in [1.82, 2.24) is 58.7 Å². The van der Waals surface area contributed by atoms with Gasteiger partial charge >= 0.3 is 36.9 Å². The number of aromatic nitrogens is 12. The van der Waals surface area contributed by atoms with Crippen LogP contribution < -0.4 is 19.9 Å². The molecular weight excluding hydrogens is 1070 g/mol. The minimum Gasteiger partial charge on any atom is -0.406 e. The van der Waals surface area contributed by atoms with Gasteiger partial charge in [-0.1, -0.05) is 11.6 Å². The fourth-order valence-electron chi connectivity index (χ4n) is 6.73. The third-order valence-corrected chi connectivity index (χ3v) is 10.0. The van der Waals surface area contributed by atoms with Gasteiger partial charge in [-0.15, -0.1) is 70.1 Å². The number of benzene rings is 3. The predicted octanol–water partition coefficient (Wildman–Crippen LogP) is 11.9. The van der Waals surface area contributed by atoms with Crippen molar-refractivity contribution in [2.24, 2.45) is 0 Å². The maximum absolute atomic E-state index is 13.7. The van der Waals surface area contributed by atoms with Crippen LogP contribution in [0, 0.1) is 6.92 Å². The van der Waals surface area contributed by atoms with Crippen molar-refractivity contribution in [2.45, 2.75) is 64.5 Å². The summed E-state index contributed by atoms with van der Waals surface area (Å²) in [4.78, 5) is 12.2. The smallest absolute Gasteiger partial charge is 0.406 e. The fourth-order valence-corrected chi connectivity index (χ4v) is 6.95. The summed E-state index contributed by atoms with van der Waals surface area (Å²) < 4.78 is 206. The molecule has 396 valence electrons. The van der Waals surface area contributed by atoms with E-state index in [1.54, 1.807) is 6.92 Å². The molecule has 16 nitrogen and oxygen atoms in total. The van der Waals surface area contributed by atoms with Crippen molar-refractivity contribution >= 4 is 34.4 Å². The van der Waals surface area contributed by atoms with Crippen molar-refractivity contribution in [3.8, 4) is 51.0 Å². The molecule has 9 aromatic rings. The number of aryl methyl sites for hydroxylation is 1. The maximum Gasteiger partial charge on any atom is 0.573 e. The molecule has 0 aliphatic heterocycles. The van der Waals surface area contributed by atoms with Gasteiger partial charge in [-0.2, -0.15) is 26.3 Å². The van der Waals surface area contributed by atoms with E-state index in [9.17, 15) is 65.9 Å². The Labute approximate surface area is 413 Å². The molecule has 75 heavy (non-hydrogen) atoms. The number of hydrogen-bond acceptors (Lipinski definition) is 13. The molecule has 0 saturated carbocycles. The number of ether oxygens (including phenoxy) is 3. The molecule has 0 amide bonds. The van der Waals surface area contributed by atoms with E-state index in [2.05, 4.69) is 59.8 Å². The number of nitrogens with two attached hydrogens (primary N) is 1. The first-order valence-electron chi connectivity index (χ1n) is 20.5. The monoisotopic (exact) mass is 1100 g/mol. The van der Waals surface area contributed by atoms with E-state index in [1.165, 1.54) is 59.4 Å². The Balaban J connectivity index is 0.000000164. The molecule has 2 N–H and O–H groups in total. The van der Waals surface area contributed by atoms with Gasteiger partial charge in [0.15, 0.2) is 22.3 Å². The number of anilines is 1. The van der Waals surface area contributed by atoms with Gasteiger partial charge in [0, 0.05) is 55.5 Å². The van der Waals surface area contributed by atoms with Crippen LogP contribution in [0.25, 0.3) is 50.7 Å². The Bertz CT molecular complexity index is 3320. The number of hydrogen-bond donors (Lipinski definition) is 1. The molecule has 0 spiro atoms. The minimum atomic E-state index is -4.81. The Morgan fingerprint density at radius 3 is 1.27 bits per heavy atom. The zero-order valence-electron chi connectivity index (χ0n) is 37.9. The van der Waals surface area contributed by atoms with E-state index in [1.807, 2.05) is 0 Å². The molecule has 0 aliphatic carbocycles. The first kappa shape index (κ1) is 54.5.